The van der Waals surface area contributed by atoms with Gasteiger partial charge in [0.2, 0.25) is 5.09 Å². The van der Waals surface area contributed by atoms with Crippen LogP contribution < -0.4 is 4.72 Å². The Morgan fingerprint density at radius 1 is 1.16 bits per heavy atom. The zero-order valence-electron chi connectivity index (χ0n) is 10.6. The zero-order valence-corrected chi connectivity index (χ0v) is 12.1. The SMILES string of the molecule is CC(C)NS(=O)(=O)c1occc1-c1ccc(Cl)cc1. The van der Waals surface area contributed by atoms with Gasteiger partial charge in [-0.2, -0.15) is 0 Å². The van der Waals surface area contributed by atoms with E-state index >= 15 is 0 Å². The molecule has 0 atom stereocenters. The van der Waals surface area contributed by atoms with E-state index in [0.29, 0.717) is 10.6 Å². The summed E-state index contributed by atoms with van der Waals surface area (Å²) < 4.78 is 31.9. The Balaban J connectivity index is 2.46. The first-order valence-electron chi connectivity index (χ1n) is 5.76. The first-order chi connectivity index (χ1) is 8.90. The Morgan fingerprint density at radius 2 is 1.79 bits per heavy atom. The van der Waals surface area contributed by atoms with Crippen LogP contribution in [-0.2, 0) is 10.0 Å². The highest BCUT2D eigenvalue weighted by Crippen LogP contribution is 2.29. The van der Waals surface area contributed by atoms with E-state index in [0.717, 1.165) is 5.56 Å². The van der Waals surface area contributed by atoms with Crippen molar-refractivity contribution in [1.29, 1.82) is 0 Å². The molecule has 102 valence electrons. The maximum atomic E-state index is 12.1. The fourth-order valence-electron chi connectivity index (χ4n) is 1.71. The van der Waals surface area contributed by atoms with Gasteiger partial charge in [0, 0.05) is 16.6 Å². The molecule has 1 aromatic carbocycles. The lowest BCUT2D eigenvalue weighted by molar-refractivity contribution is 0.445. The summed E-state index contributed by atoms with van der Waals surface area (Å²) in [5.74, 6) is 0. The quantitative estimate of drug-likeness (QED) is 0.942. The van der Waals surface area contributed by atoms with Crippen LogP contribution in [0.4, 0.5) is 0 Å². The van der Waals surface area contributed by atoms with Gasteiger partial charge in [0.25, 0.3) is 10.0 Å². The van der Waals surface area contributed by atoms with Crippen molar-refractivity contribution in [3.05, 3.63) is 41.6 Å². The van der Waals surface area contributed by atoms with Crippen LogP contribution in [0.25, 0.3) is 11.1 Å². The van der Waals surface area contributed by atoms with Crippen molar-refractivity contribution in [2.45, 2.75) is 25.0 Å². The third kappa shape index (κ3) is 3.18. The molecule has 0 aliphatic carbocycles. The topological polar surface area (TPSA) is 59.3 Å². The highest BCUT2D eigenvalue weighted by atomic mass is 35.5. The molecule has 6 heteroatoms. The molecule has 1 aromatic heterocycles. The van der Waals surface area contributed by atoms with Crippen molar-refractivity contribution in [2.75, 3.05) is 0 Å². The average molecular weight is 300 g/mol. The van der Waals surface area contributed by atoms with Gasteiger partial charge in [0.15, 0.2) is 0 Å². The molecular formula is C13H14ClNO3S. The Labute approximate surface area is 117 Å². The van der Waals surface area contributed by atoms with E-state index in [1.807, 2.05) is 0 Å². The standard InChI is InChI=1S/C13H14ClNO3S/c1-9(2)15-19(16,17)13-12(7-8-18-13)10-3-5-11(14)6-4-10/h3-9,15H,1-2H3. The smallest absolute Gasteiger partial charge is 0.274 e. The summed E-state index contributed by atoms with van der Waals surface area (Å²) >= 11 is 5.82. The van der Waals surface area contributed by atoms with Crippen LogP contribution in [0.2, 0.25) is 5.02 Å². The number of furan rings is 1. The van der Waals surface area contributed by atoms with Crippen LogP contribution in [0.15, 0.2) is 46.1 Å². The predicted octanol–water partition coefficient (Wildman–Crippen LogP) is 3.29. The van der Waals surface area contributed by atoms with Gasteiger partial charge in [-0.1, -0.05) is 23.7 Å². The van der Waals surface area contributed by atoms with Crippen LogP contribution >= 0.6 is 11.6 Å². The van der Waals surface area contributed by atoms with Gasteiger partial charge < -0.3 is 4.42 Å². The van der Waals surface area contributed by atoms with Crippen molar-refractivity contribution in [1.82, 2.24) is 4.72 Å². The molecule has 0 unspecified atom stereocenters. The summed E-state index contributed by atoms with van der Waals surface area (Å²) in [5, 5.41) is 0.514. The second-order valence-corrected chi connectivity index (χ2v) is 6.45. The van der Waals surface area contributed by atoms with Gasteiger partial charge in [-0.3, -0.25) is 0 Å². The highest BCUT2D eigenvalue weighted by molar-refractivity contribution is 7.89. The molecule has 0 spiro atoms. The first kappa shape index (κ1) is 14.1. The van der Waals surface area contributed by atoms with E-state index < -0.39 is 10.0 Å². The number of benzene rings is 1. The minimum absolute atomic E-state index is 0.0801. The summed E-state index contributed by atoms with van der Waals surface area (Å²) in [6.45, 7) is 3.50. The van der Waals surface area contributed by atoms with Crippen molar-refractivity contribution >= 4 is 21.6 Å². The largest absolute Gasteiger partial charge is 0.451 e. The Bertz CT molecular complexity index is 659. The normalized spacial score (nSPS) is 12.0. The van der Waals surface area contributed by atoms with E-state index in [1.54, 1.807) is 44.2 Å². The molecule has 0 radical (unpaired) electrons. The molecule has 19 heavy (non-hydrogen) atoms. The third-order valence-corrected chi connectivity index (χ3v) is 4.26. The fraction of sp³-hybridized carbons (Fsp3) is 0.231. The molecule has 2 aromatic rings. The van der Waals surface area contributed by atoms with Crippen LogP contribution in [0.3, 0.4) is 0 Å². The van der Waals surface area contributed by atoms with Crippen LogP contribution in [0, 0.1) is 0 Å². The second kappa shape index (κ2) is 5.36. The van der Waals surface area contributed by atoms with Gasteiger partial charge in [0.1, 0.15) is 0 Å². The minimum atomic E-state index is -3.65. The summed E-state index contributed by atoms with van der Waals surface area (Å²) in [5.41, 5.74) is 1.26. The number of nitrogens with one attached hydrogen (secondary N) is 1. The maximum Gasteiger partial charge on any atom is 0.274 e. The van der Waals surface area contributed by atoms with Crippen molar-refractivity contribution < 1.29 is 12.8 Å². The lowest BCUT2D eigenvalue weighted by Crippen LogP contribution is -2.30. The number of rotatable bonds is 4. The van der Waals surface area contributed by atoms with E-state index in [-0.39, 0.29) is 11.1 Å². The van der Waals surface area contributed by atoms with Crippen LogP contribution in [0.5, 0.6) is 0 Å². The summed E-state index contributed by atoms with van der Waals surface area (Å²) in [6.07, 6.45) is 1.36. The predicted molar refractivity (Wildman–Crippen MR) is 74.6 cm³/mol. The van der Waals surface area contributed by atoms with Gasteiger partial charge in [-0.15, -0.1) is 0 Å². The Hall–Kier alpha value is -1.30. The molecule has 0 saturated heterocycles. The molecule has 0 bridgehead atoms. The molecule has 2 rings (SSSR count). The highest BCUT2D eigenvalue weighted by Gasteiger charge is 2.23. The van der Waals surface area contributed by atoms with E-state index in [2.05, 4.69) is 4.72 Å². The van der Waals surface area contributed by atoms with Gasteiger partial charge >= 0.3 is 0 Å². The van der Waals surface area contributed by atoms with Crippen molar-refractivity contribution in [3.63, 3.8) is 0 Å². The molecule has 0 aliphatic rings. The summed E-state index contributed by atoms with van der Waals surface area (Å²) in [6, 6.07) is 8.33. The average Bonchev–Trinajstić information content (AvgIpc) is 2.78. The Kier molecular flexibility index (Phi) is 3.99. The van der Waals surface area contributed by atoms with E-state index in [1.165, 1.54) is 6.26 Å². The molecule has 4 nitrogen and oxygen atoms in total. The third-order valence-electron chi connectivity index (χ3n) is 2.42. The van der Waals surface area contributed by atoms with Crippen molar-refractivity contribution in [2.24, 2.45) is 0 Å². The van der Waals surface area contributed by atoms with Crippen LogP contribution in [-0.4, -0.2) is 14.5 Å². The first-order valence-corrected chi connectivity index (χ1v) is 7.62. The zero-order chi connectivity index (χ0) is 14.0. The van der Waals surface area contributed by atoms with Gasteiger partial charge in [-0.05, 0) is 37.6 Å². The van der Waals surface area contributed by atoms with E-state index in [4.69, 9.17) is 16.0 Å². The van der Waals surface area contributed by atoms with Crippen LogP contribution in [0.1, 0.15) is 13.8 Å². The fourth-order valence-corrected chi connectivity index (χ4v) is 3.22. The lowest BCUT2D eigenvalue weighted by Gasteiger charge is -2.09. The molecule has 1 heterocycles. The number of halogens is 1. The molecule has 0 aliphatic heterocycles. The number of hydrogen-bond acceptors (Lipinski definition) is 3. The molecule has 0 fully saturated rings. The molecule has 1 N–H and O–H groups in total. The molecule has 0 saturated carbocycles. The summed E-state index contributed by atoms with van der Waals surface area (Å²) in [7, 11) is -3.65. The minimum Gasteiger partial charge on any atom is -0.451 e. The molecule has 0 amide bonds. The van der Waals surface area contributed by atoms with Gasteiger partial charge in [0.05, 0.1) is 6.26 Å². The van der Waals surface area contributed by atoms with Gasteiger partial charge in [-0.25, -0.2) is 13.1 Å². The lowest BCUT2D eigenvalue weighted by atomic mass is 10.1. The monoisotopic (exact) mass is 299 g/mol. The van der Waals surface area contributed by atoms with E-state index in [9.17, 15) is 8.42 Å². The second-order valence-electron chi connectivity index (χ2n) is 4.40. The number of hydrogen-bond donors (Lipinski definition) is 1. The number of sulfonamides is 1. The Morgan fingerprint density at radius 3 is 2.37 bits per heavy atom. The molecular weight excluding hydrogens is 286 g/mol. The maximum absolute atomic E-state index is 12.1. The van der Waals surface area contributed by atoms with Crippen molar-refractivity contribution in [3.8, 4) is 11.1 Å². The summed E-state index contributed by atoms with van der Waals surface area (Å²) in [4.78, 5) is 0.